The number of carbonyl (C=O) groups is 1. The normalized spacial score (nSPS) is 18.3. The summed E-state index contributed by atoms with van der Waals surface area (Å²) in [5, 5.41) is 0. The molecule has 1 aromatic rings. The van der Waals surface area contributed by atoms with Gasteiger partial charge < -0.3 is 9.80 Å². The van der Waals surface area contributed by atoms with Crippen molar-refractivity contribution in [3.63, 3.8) is 0 Å². The molecule has 0 aliphatic carbocycles. The number of rotatable bonds is 7. The van der Waals surface area contributed by atoms with Crippen molar-refractivity contribution in [2.24, 2.45) is 0 Å². The first-order valence-electron chi connectivity index (χ1n) is 11.2. The molecule has 2 fully saturated rings. The molecule has 0 spiro atoms. The number of nitrogens with zero attached hydrogens (tertiary/aromatic N) is 3. The number of likely N-dealkylation sites (N-methyl/N-ethyl adjacent to an activating group) is 1. The number of anilines is 1. The van der Waals surface area contributed by atoms with E-state index in [9.17, 15) is 13.2 Å². The Hall–Kier alpha value is -1.86. The highest BCUT2D eigenvalue weighted by Gasteiger charge is 2.31. The Bertz CT molecular complexity index is 870. The Balaban J connectivity index is 2.02. The summed E-state index contributed by atoms with van der Waals surface area (Å²) in [4.78, 5) is 17.3. The Morgan fingerprint density at radius 3 is 2.20 bits per heavy atom. The molecule has 0 radical (unpaired) electrons. The molecular weight excluding hydrogens is 398 g/mol. The number of piperidine rings is 2. The van der Waals surface area contributed by atoms with Gasteiger partial charge in [0.15, 0.2) is 0 Å². The SMILES string of the molecule is C=C(C)CN(CC)C(=O)c1ccc(N2CCCCC2)c(S(=O)(=O)N2CCCCC2)c1. The number of hydrogen-bond acceptors (Lipinski definition) is 4. The van der Waals surface area contributed by atoms with Gasteiger partial charge in [0.05, 0.1) is 5.69 Å². The van der Waals surface area contributed by atoms with Crippen LogP contribution in [0.25, 0.3) is 0 Å². The maximum absolute atomic E-state index is 13.6. The molecule has 0 aromatic heterocycles. The van der Waals surface area contributed by atoms with Gasteiger partial charge in [-0.1, -0.05) is 18.6 Å². The van der Waals surface area contributed by atoms with E-state index < -0.39 is 10.0 Å². The van der Waals surface area contributed by atoms with Crippen LogP contribution < -0.4 is 4.90 Å². The summed E-state index contributed by atoms with van der Waals surface area (Å²) in [6, 6.07) is 5.23. The fraction of sp³-hybridized carbons (Fsp3) is 0.609. The minimum Gasteiger partial charge on any atom is -0.370 e. The molecular formula is C23H35N3O3S. The molecule has 2 aliphatic rings. The first-order chi connectivity index (χ1) is 14.3. The quantitative estimate of drug-likeness (QED) is 0.612. The van der Waals surface area contributed by atoms with E-state index in [4.69, 9.17) is 0 Å². The molecule has 0 N–H and O–H groups in total. The molecule has 0 atom stereocenters. The lowest BCUT2D eigenvalue weighted by Gasteiger charge is -2.33. The standard InChI is InChI=1S/C23H35N3O3S/c1-4-24(18-19(2)3)23(27)20-11-12-21(25-13-7-5-8-14-25)22(17-20)30(28,29)26-15-9-6-10-16-26/h11-12,17H,2,4-10,13-16,18H2,1,3H3. The first kappa shape index (κ1) is 22.8. The fourth-order valence-corrected chi connectivity index (χ4v) is 6.08. The van der Waals surface area contributed by atoms with Gasteiger partial charge in [0, 0.05) is 44.8 Å². The van der Waals surface area contributed by atoms with Gasteiger partial charge in [-0.05, 0) is 64.2 Å². The molecule has 1 amide bonds. The lowest BCUT2D eigenvalue weighted by Crippen LogP contribution is -2.38. The lowest BCUT2D eigenvalue weighted by molar-refractivity contribution is 0.0778. The maximum atomic E-state index is 13.6. The van der Waals surface area contributed by atoms with E-state index in [1.54, 1.807) is 21.3 Å². The number of benzene rings is 1. The van der Waals surface area contributed by atoms with Gasteiger partial charge in [0.2, 0.25) is 10.0 Å². The molecule has 3 rings (SSSR count). The Morgan fingerprint density at radius 2 is 1.63 bits per heavy atom. The summed E-state index contributed by atoms with van der Waals surface area (Å²) >= 11 is 0. The van der Waals surface area contributed by atoms with Crippen molar-refractivity contribution in [2.75, 3.05) is 44.2 Å². The van der Waals surface area contributed by atoms with Crippen LogP contribution in [0.5, 0.6) is 0 Å². The van der Waals surface area contributed by atoms with E-state index in [-0.39, 0.29) is 10.8 Å². The van der Waals surface area contributed by atoms with E-state index in [2.05, 4.69) is 11.5 Å². The zero-order chi connectivity index (χ0) is 21.7. The van der Waals surface area contributed by atoms with Gasteiger partial charge in [-0.25, -0.2) is 8.42 Å². The Kier molecular flexibility index (Phi) is 7.58. The molecule has 2 aliphatic heterocycles. The highest BCUT2D eigenvalue weighted by atomic mass is 32.2. The Labute approximate surface area is 181 Å². The van der Waals surface area contributed by atoms with Crippen LogP contribution in [0.15, 0.2) is 35.2 Å². The van der Waals surface area contributed by atoms with E-state index in [1.165, 1.54) is 6.42 Å². The molecule has 1 aromatic carbocycles. The minimum atomic E-state index is -3.65. The highest BCUT2D eigenvalue weighted by molar-refractivity contribution is 7.89. The summed E-state index contributed by atoms with van der Waals surface area (Å²) in [5.41, 5.74) is 2.06. The van der Waals surface area contributed by atoms with Crippen molar-refractivity contribution in [1.82, 2.24) is 9.21 Å². The van der Waals surface area contributed by atoms with Gasteiger partial charge in [-0.3, -0.25) is 4.79 Å². The molecule has 2 saturated heterocycles. The maximum Gasteiger partial charge on any atom is 0.254 e. The third-order valence-electron chi connectivity index (χ3n) is 5.97. The first-order valence-corrected chi connectivity index (χ1v) is 12.6. The van der Waals surface area contributed by atoms with E-state index in [0.29, 0.717) is 31.7 Å². The highest BCUT2D eigenvalue weighted by Crippen LogP contribution is 2.32. The van der Waals surface area contributed by atoms with Crippen molar-refractivity contribution in [3.05, 3.63) is 35.9 Å². The van der Waals surface area contributed by atoms with Gasteiger partial charge in [-0.2, -0.15) is 4.31 Å². The molecule has 0 saturated carbocycles. The van der Waals surface area contributed by atoms with Gasteiger partial charge in [0.25, 0.3) is 5.91 Å². The second-order valence-corrected chi connectivity index (χ2v) is 10.4. The van der Waals surface area contributed by atoms with Crippen molar-refractivity contribution < 1.29 is 13.2 Å². The molecule has 0 unspecified atom stereocenters. The summed E-state index contributed by atoms with van der Waals surface area (Å²) in [7, 11) is -3.65. The molecule has 166 valence electrons. The fourth-order valence-electron chi connectivity index (χ4n) is 4.33. The van der Waals surface area contributed by atoms with Gasteiger partial charge in [-0.15, -0.1) is 0 Å². The van der Waals surface area contributed by atoms with Crippen LogP contribution in [0.1, 0.15) is 62.7 Å². The number of carbonyl (C=O) groups excluding carboxylic acids is 1. The Morgan fingerprint density at radius 1 is 1.03 bits per heavy atom. The summed E-state index contributed by atoms with van der Waals surface area (Å²) in [5.74, 6) is -0.152. The number of sulfonamides is 1. The van der Waals surface area contributed by atoms with Crippen LogP contribution in [0, 0.1) is 0 Å². The average Bonchev–Trinajstić information content (AvgIpc) is 2.77. The molecule has 7 heteroatoms. The third kappa shape index (κ3) is 5.06. The van der Waals surface area contributed by atoms with Crippen LogP contribution in [0.2, 0.25) is 0 Å². The van der Waals surface area contributed by atoms with Crippen LogP contribution in [0.3, 0.4) is 0 Å². The summed E-state index contributed by atoms with van der Waals surface area (Å²) in [6.45, 7) is 11.6. The smallest absolute Gasteiger partial charge is 0.254 e. The number of hydrogen-bond donors (Lipinski definition) is 0. The lowest BCUT2D eigenvalue weighted by atomic mass is 10.1. The summed E-state index contributed by atoms with van der Waals surface area (Å²) < 4.78 is 28.8. The zero-order valence-corrected chi connectivity index (χ0v) is 19.2. The van der Waals surface area contributed by atoms with Crippen LogP contribution in [0.4, 0.5) is 5.69 Å². The van der Waals surface area contributed by atoms with Crippen molar-refractivity contribution in [1.29, 1.82) is 0 Å². The number of amides is 1. The molecule has 6 nitrogen and oxygen atoms in total. The second kappa shape index (κ2) is 9.96. The van der Waals surface area contributed by atoms with E-state index >= 15 is 0 Å². The molecule has 2 heterocycles. The monoisotopic (exact) mass is 433 g/mol. The van der Waals surface area contributed by atoms with Crippen molar-refractivity contribution >= 4 is 21.6 Å². The third-order valence-corrected chi connectivity index (χ3v) is 7.89. The predicted octanol–water partition coefficient (Wildman–Crippen LogP) is 3.89. The van der Waals surface area contributed by atoms with Crippen molar-refractivity contribution in [2.45, 2.75) is 57.3 Å². The van der Waals surface area contributed by atoms with Crippen LogP contribution >= 0.6 is 0 Å². The van der Waals surface area contributed by atoms with Crippen LogP contribution in [-0.4, -0.2) is 62.8 Å². The second-order valence-electron chi connectivity index (χ2n) is 8.47. The zero-order valence-electron chi connectivity index (χ0n) is 18.4. The minimum absolute atomic E-state index is 0.152. The van der Waals surface area contributed by atoms with E-state index in [0.717, 1.165) is 56.5 Å². The molecule has 0 bridgehead atoms. The average molecular weight is 434 g/mol. The van der Waals surface area contributed by atoms with E-state index in [1.807, 2.05) is 19.9 Å². The largest absolute Gasteiger partial charge is 0.370 e. The van der Waals surface area contributed by atoms with Crippen LogP contribution in [-0.2, 0) is 10.0 Å². The predicted molar refractivity (Wildman–Crippen MR) is 122 cm³/mol. The van der Waals surface area contributed by atoms with Gasteiger partial charge >= 0.3 is 0 Å². The van der Waals surface area contributed by atoms with Gasteiger partial charge in [0.1, 0.15) is 4.90 Å². The topological polar surface area (TPSA) is 60.9 Å². The molecule has 30 heavy (non-hydrogen) atoms. The van der Waals surface area contributed by atoms with Crippen molar-refractivity contribution in [3.8, 4) is 0 Å². The summed E-state index contributed by atoms with van der Waals surface area (Å²) in [6.07, 6.45) is 6.14.